The molecule has 0 aromatic carbocycles. The molecule has 2 aromatic heterocycles. The van der Waals surface area contributed by atoms with Crippen LogP contribution in [-0.4, -0.2) is 9.67 Å². The van der Waals surface area contributed by atoms with Gasteiger partial charge < -0.3 is 9.67 Å². The van der Waals surface area contributed by atoms with Gasteiger partial charge in [-0.2, -0.15) is 5.26 Å². The first-order valence-corrected chi connectivity index (χ1v) is 5.78. The predicted molar refractivity (Wildman–Crippen MR) is 63.8 cm³/mol. The monoisotopic (exact) mass is 232 g/mol. The molecule has 0 aliphatic carbocycles. The highest BCUT2D eigenvalue weighted by Gasteiger charge is 2.15. The van der Waals surface area contributed by atoms with Crippen molar-refractivity contribution in [3.05, 3.63) is 40.0 Å². The van der Waals surface area contributed by atoms with Crippen LogP contribution < -0.4 is 0 Å². The first-order chi connectivity index (χ1) is 7.69. The Morgan fingerprint density at radius 2 is 2.25 bits per heavy atom. The van der Waals surface area contributed by atoms with Crippen molar-refractivity contribution < 1.29 is 5.11 Å². The molecule has 0 saturated heterocycles. The van der Waals surface area contributed by atoms with Gasteiger partial charge in [0, 0.05) is 16.8 Å². The predicted octanol–water partition coefficient (Wildman–Crippen LogP) is 2.52. The second-order valence-electron chi connectivity index (χ2n) is 3.60. The molecule has 82 valence electrons. The van der Waals surface area contributed by atoms with E-state index in [1.54, 1.807) is 11.3 Å². The van der Waals surface area contributed by atoms with Crippen LogP contribution in [0.3, 0.4) is 0 Å². The molecule has 0 radical (unpaired) electrons. The van der Waals surface area contributed by atoms with Crippen LogP contribution in [0.4, 0.5) is 0 Å². The van der Waals surface area contributed by atoms with Crippen molar-refractivity contribution >= 4 is 11.3 Å². The molecule has 1 N–H and O–H groups in total. The molecular formula is C12H12N2OS. The van der Waals surface area contributed by atoms with Gasteiger partial charge in [0.15, 0.2) is 0 Å². The minimum Gasteiger partial charge on any atom is -0.390 e. The Bertz CT molecular complexity index is 560. The van der Waals surface area contributed by atoms with E-state index in [9.17, 15) is 5.11 Å². The third-order valence-electron chi connectivity index (χ3n) is 2.69. The van der Waals surface area contributed by atoms with Crippen LogP contribution in [0.25, 0.3) is 5.00 Å². The second kappa shape index (κ2) is 4.12. The Balaban J connectivity index is 2.66. The number of aromatic nitrogens is 1. The fourth-order valence-electron chi connectivity index (χ4n) is 1.65. The van der Waals surface area contributed by atoms with Crippen molar-refractivity contribution in [1.29, 1.82) is 5.26 Å². The highest BCUT2D eigenvalue weighted by molar-refractivity contribution is 7.14. The quantitative estimate of drug-likeness (QED) is 0.865. The van der Waals surface area contributed by atoms with E-state index in [1.807, 2.05) is 36.7 Å². The van der Waals surface area contributed by atoms with E-state index in [-0.39, 0.29) is 6.61 Å². The molecule has 0 spiro atoms. The van der Waals surface area contributed by atoms with E-state index in [0.29, 0.717) is 5.56 Å². The topological polar surface area (TPSA) is 49.0 Å². The van der Waals surface area contributed by atoms with Crippen molar-refractivity contribution in [3.8, 4) is 11.1 Å². The minimum absolute atomic E-state index is 0.0200. The molecule has 3 nitrogen and oxygen atoms in total. The molecule has 0 aliphatic heterocycles. The summed E-state index contributed by atoms with van der Waals surface area (Å²) in [5.74, 6) is 0. The van der Waals surface area contributed by atoms with Crippen LogP contribution in [0.1, 0.15) is 21.7 Å². The fourth-order valence-corrected chi connectivity index (χ4v) is 2.78. The largest absolute Gasteiger partial charge is 0.390 e. The first kappa shape index (κ1) is 10.9. The van der Waals surface area contributed by atoms with Gasteiger partial charge in [-0.1, -0.05) is 0 Å². The lowest BCUT2D eigenvalue weighted by molar-refractivity contribution is 0.275. The molecule has 0 unspecified atom stereocenters. The van der Waals surface area contributed by atoms with Crippen molar-refractivity contribution in [1.82, 2.24) is 4.57 Å². The van der Waals surface area contributed by atoms with E-state index in [0.717, 1.165) is 21.1 Å². The van der Waals surface area contributed by atoms with Gasteiger partial charge in [0.2, 0.25) is 0 Å². The lowest BCUT2D eigenvalue weighted by Crippen LogP contribution is -1.98. The molecular weight excluding hydrogens is 220 g/mol. The van der Waals surface area contributed by atoms with E-state index >= 15 is 0 Å². The summed E-state index contributed by atoms with van der Waals surface area (Å²) in [4.78, 5) is 1.14. The number of aliphatic hydroxyl groups is 1. The van der Waals surface area contributed by atoms with Crippen molar-refractivity contribution in [2.45, 2.75) is 20.5 Å². The van der Waals surface area contributed by atoms with E-state index < -0.39 is 0 Å². The molecule has 0 amide bonds. The second-order valence-corrected chi connectivity index (χ2v) is 4.81. The first-order valence-electron chi connectivity index (χ1n) is 4.96. The molecule has 0 saturated carbocycles. The maximum atomic E-state index is 9.21. The number of rotatable bonds is 2. The fraction of sp³-hybridized carbons (Fsp3) is 0.250. The van der Waals surface area contributed by atoms with Crippen LogP contribution >= 0.6 is 11.3 Å². The molecule has 2 heterocycles. The van der Waals surface area contributed by atoms with Gasteiger partial charge in [-0.05, 0) is 31.5 Å². The van der Waals surface area contributed by atoms with Crippen molar-refractivity contribution in [3.63, 3.8) is 0 Å². The average Bonchev–Trinajstić information content (AvgIpc) is 2.84. The van der Waals surface area contributed by atoms with Gasteiger partial charge >= 0.3 is 0 Å². The van der Waals surface area contributed by atoms with Gasteiger partial charge in [-0.25, -0.2) is 0 Å². The van der Waals surface area contributed by atoms with Crippen molar-refractivity contribution in [2.75, 3.05) is 0 Å². The zero-order valence-electron chi connectivity index (χ0n) is 9.19. The van der Waals surface area contributed by atoms with E-state index in [4.69, 9.17) is 5.26 Å². The summed E-state index contributed by atoms with van der Waals surface area (Å²) in [5.41, 5.74) is 2.53. The van der Waals surface area contributed by atoms with E-state index in [1.165, 1.54) is 0 Å². The zero-order valence-corrected chi connectivity index (χ0v) is 10.0. The molecule has 2 rings (SSSR count). The summed E-state index contributed by atoms with van der Waals surface area (Å²) in [6, 6.07) is 5.96. The maximum Gasteiger partial charge on any atom is 0.118 e. The molecule has 4 heteroatoms. The lowest BCUT2D eigenvalue weighted by atomic mass is 10.2. The van der Waals surface area contributed by atoms with Crippen LogP contribution in [0.15, 0.2) is 18.3 Å². The minimum atomic E-state index is -0.0200. The summed E-state index contributed by atoms with van der Waals surface area (Å²) < 4.78 is 1.88. The zero-order chi connectivity index (χ0) is 11.7. The third kappa shape index (κ3) is 1.54. The van der Waals surface area contributed by atoms with Crippen molar-refractivity contribution in [2.24, 2.45) is 0 Å². The number of aryl methyl sites for hydroxylation is 1. The molecule has 0 aliphatic rings. The normalized spacial score (nSPS) is 10.4. The Morgan fingerprint density at radius 1 is 1.50 bits per heavy atom. The highest BCUT2D eigenvalue weighted by Crippen LogP contribution is 2.31. The molecule has 0 bridgehead atoms. The number of hydrogen-bond acceptors (Lipinski definition) is 3. The summed E-state index contributed by atoms with van der Waals surface area (Å²) in [6.45, 7) is 3.94. The number of hydrogen-bond donors (Lipinski definition) is 1. The molecule has 16 heavy (non-hydrogen) atoms. The summed E-state index contributed by atoms with van der Waals surface area (Å²) in [7, 11) is 0. The van der Waals surface area contributed by atoms with Crippen LogP contribution in [-0.2, 0) is 6.61 Å². The smallest absolute Gasteiger partial charge is 0.118 e. The number of nitrogens with zero attached hydrogens (tertiary/aromatic N) is 2. The average molecular weight is 232 g/mol. The Labute approximate surface area is 98.2 Å². The SMILES string of the molecule is Cc1sc(-n2cccc2CO)c(C#N)c1C. The summed E-state index contributed by atoms with van der Waals surface area (Å²) in [6.07, 6.45) is 1.87. The number of thiophene rings is 1. The third-order valence-corrected chi connectivity index (χ3v) is 3.90. The highest BCUT2D eigenvalue weighted by atomic mass is 32.1. The molecule has 2 aromatic rings. The lowest BCUT2D eigenvalue weighted by Gasteiger charge is -2.04. The van der Waals surface area contributed by atoms with Gasteiger partial charge in [0.1, 0.15) is 11.1 Å². The van der Waals surface area contributed by atoms with Gasteiger partial charge in [0.25, 0.3) is 0 Å². The van der Waals surface area contributed by atoms with E-state index in [2.05, 4.69) is 6.07 Å². The number of aliphatic hydroxyl groups excluding tert-OH is 1. The van der Waals surface area contributed by atoms with Gasteiger partial charge in [-0.15, -0.1) is 11.3 Å². The standard InChI is InChI=1S/C12H12N2OS/c1-8-9(2)16-12(11(8)6-13)14-5-3-4-10(14)7-15/h3-5,15H,7H2,1-2H3. The van der Waals surface area contributed by atoms with Gasteiger partial charge in [-0.3, -0.25) is 0 Å². The Kier molecular flexibility index (Phi) is 2.82. The Morgan fingerprint density at radius 3 is 2.88 bits per heavy atom. The van der Waals surface area contributed by atoms with Gasteiger partial charge in [0.05, 0.1) is 12.2 Å². The molecule has 0 atom stereocenters. The number of nitriles is 1. The molecule has 0 fully saturated rings. The summed E-state index contributed by atoms with van der Waals surface area (Å²) in [5, 5.41) is 19.3. The van der Waals surface area contributed by atoms with Crippen LogP contribution in [0, 0.1) is 25.2 Å². The maximum absolute atomic E-state index is 9.21. The van der Waals surface area contributed by atoms with Crippen LogP contribution in [0.2, 0.25) is 0 Å². The Hall–Kier alpha value is -1.57. The van der Waals surface area contributed by atoms with Crippen LogP contribution in [0.5, 0.6) is 0 Å². The summed E-state index contributed by atoms with van der Waals surface area (Å²) >= 11 is 1.58.